The normalized spacial score (nSPS) is 10.1. The van der Waals surface area contributed by atoms with Gasteiger partial charge in [-0.2, -0.15) is 4.73 Å². The third-order valence-corrected chi connectivity index (χ3v) is 4.36. The van der Waals surface area contributed by atoms with Gasteiger partial charge in [-0.1, -0.05) is 0 Å². The van der Waals surface area contributed by atoms with Crippen molar-refractivity contribution in [3.63, 3.8) is 0 Å². The van der Waals surface area contributed by atoms with E-state index in [0.29, 0.717) is 20.3 Å². The van der Waals surface area contributed by atoms with Crippen LogP contribution >= 0.6 is 23.1 Å². The van der Waals surface area contributed by atoms with Crippen molar-refractivity contribution in [3.8, 4) is 0 Å². The fraction of sp³-hybridized carbons (Fsp3) is 0.154. The van der Waals surface area contributed by atoms with Gasteiger partial charge >= 0.3 is 5.97 Å². The van der Waals surface area contributed by atoms with E-state index < -0.39 is 5.97 Å². The standard InChI is InChI=1S/C13H12N2O4S2/c1-19-13(17)12-9(5-7-20-12)14-10(16)8-21-11-4-2-3-6-15(11)18/h2-7H,8H2,1H3,(H,14,16). The number of rotatable bonds is 5. The largest absolute Gasteiger partial charge is 0.618 e. The van der Waals surface area contributed by atoms with Crippen LogP contribution in [0, 0.1) is 5.21 Å². The highest BCUT2D eigenvalue weighted by atomic mass is 32.2. The molecule has 0 atom stereocenters. The van der Waals surface area contributed by atoms with Crippen molar-refractivity contribution in [3.05, 3.63) is 45.9 Å². The predicted octanol–water partition coefficient (Wildman–Crippen LogP) is 1.90. The number of ether oxygens (including phenoxy) is 1. The van der Waals surface area contributed by atoms with Crippen LogP contribution in [0.2, 0.25) is 0 Å². The molecule has 0 bridgehead atoms. The zero-order chi connectivity index (χ0) is 15.2. The van der Waals surface area contributed by atoms with Crippen molar-refractivity contribution in [2.24, 2.45) is 0 Å². The van der Waals surface area contributed by atoms with Crippen LogP contribution in [0.25, 0.3) is 0 Å². The third-order valence-electron chi connectivity index (χ3n) is 2.45. The highest BCUT2D eigenvalue weighted by molar-refractivity contribution is 7.99. The van der Waals surface area contributed by atoms with E-state index in [2.05, 4.69) is 10.1 Å². The zero-order valence-corrected chi connectivity index (χ0v) is 12.7. The summed E-state index contributed by atoms with van der Waals surface area (Å²) in [5.41, 5.74) is 0.417. The maximum Gasteiger partial charge on any atom is 0.350 e. The van der Waals surface area contributed by atoms with Gasteiger partial charge in [-0.25, -0.2) is 4.79 Å². The van der Waals surface area contributed by atoms with Gasteiger partial charge in [0.15, 0.2) is 6.20 Å². The van der Waals surface area contributed by atoms with Crippen LogP contribution in [-0.4, -0.2) is 24.7 Å². The number of aromatic nitrogens is 1. The average molecular weight is 324 g/mol. The monoisotopic (exact) mass is 324 g/mol. The number of nitrogens with zero attached hydrogens (tertiary/aromatic N) is 1. The Balaban J connectivity index is 1.95. The van der Waals surface area contributed by atoms with Gasteiger partial charge < -0.3 is 15.3 Å². The van der Waals surface area contributed by atoms with Gasteiger partial charge in [-0.05, 0) is 29.3 Å². The molecule has 0 radical (unpaired) electrons. The Labute approximate surface area is 129 Å². The van der Waals surface area contributed by atoms with Crippen LogP contribution < -0.4 is 10.0 Å². The maximum absolute atomic E-state index is 11.9. The van der Waals surface area contributed by atoms with Gasteiger partial charge in [0.05, 0.1) is 18.6 Å². The molecular formula is C13H12N2O4S2. The summed E-state index contributed by atoms with van der Waals surface area (Å²) >= 11 is 2.31. The van der Waals surface area contributed by atoms with Crippen LogP contribution in [0.15, 0.2) is 40.9 Å². The molecule has 2 rings (SSSR count). The van der Waals surface area contributed by atoms with Crippen LogP contribution in [-0.2, 0) is 9.53 Å². The molecule has 0 unspecified atom stereocenters. The van der Waals surface area contributed by atoms with Crippen molar-refractivity contribution >= 4 is 40.7 Å². The fourth-order valence-corrected chi connectivity index (χ4v) is 2.99. The first-order valence-corrected chi connectivity index (χ1v) is 7.75. The first kappa shape index (κ1) is 15.3. The van der Waals surface area contributed by atoms with E-state index in [0.717, 1.165) is 11.8 Å². The van der Waals surface area contributed by atoms with Crippen molar-refractivity contribution in [1.29, 1.82) is 0 Å². The second-order valence-electron chi connectivity index (χ2n) is 3.86. The van der Waals surface area contributed by atoms with E-state index in [1.807, 2.05) is 0 Å². The number of esters is 1. The quantitative estimate of drug-likeness (QED) is 0.393. The molecule has 0 aliphatic carbocycles. The molecule has 1 amide bonds. The van der Waals surface area contributed by atoms with Crippen molar-refractivity contribution in [2.75, 3.05) is 18.2 Å². The molecule has 21 heavy (non-hydrogen) atoms. The molecule has 0 saturated carbocycles. The summed E-state index contributed by atoms with van der Waals surface area (Å²) in [7, 11) is 1.28. The molecule has 1 N–H and O–H groups in total. The third kappa shape index (κ3) is 3.96. The Morgan fingerprint density at radius 3 is 2.95 bits per heavy atom. The summed E-state index contributed by atoms with van der Waals surface area (Å²) in [5.74, 6) is -0.719. The lowest BCUT2D eigenvalue weighted by atomic mass is 10.4. The van der Waals surface area contributed by atoms with Crippen molar-refractivity contribution in [2.45, 2.75) is 5.03 Å². The number of methoxy groups -OCH3 is 1. The molecule has 0 aliphatic rings. The zero-order valence-electron chi connectivity index (χ0n) is 11.1. The molecular weight excluding hydrogens is 312 g/mol. The van der Waals surface area contributed by atoms with E-state index in [9.17, 15) is 14.8 Å². The summed E-state index contributed by atoms with van der Waals surface area (Å²) in [6.45, 7) is 0. The Kier molecular flexibility index (Phi) is 5.18. The molecule has 2 heterocycles. The molecule has 8 heteroatoms. The minimum absolute atomic E-state index is 0.0721. The van der Waals surface area contributed by atoms with Gasteiger partial charge in [0, 0.05) is 12.1 Å². The molecule has 0 spiro atoms. The highest BCUT2D eigenvalue weighted by Crippen LogP contribution is 2.23. The van der Waals surface area contributed by atoms with Gasteiger partial charge in [-0.15, -0.1) is 11.3 Å². The Morgan fingerprint density at radius 2 is 2.24 bits per heavy atom. The lowest BCUT2D eigenvalue weighted by molar-refractivity contribution is -0.645. The second kappa shape index (κ2) is 7.09. The number of carbonyl (C=O) groups excluding carboxylic acids is 2. The number of thiophene rings is 1. The van der Waals surface area contributed by atoms with E-state index >= 15 is 0 Å². The number of hydrogen-bond acceptors (Lipinski definition) is 6. The number of amides is 1. The van der Waals surface area contributed by atoms with Crippen LogP contribution in [0.5, 0.6) is 0 Å². The highest BCUT2D eigenvalue weighted by Gasteiger charge is 2.16. The number of thioether (sulfide) groups is 1. The summed E-state index contributed by atoms with van der Waals surface area (Å²) in [4.78, 5) is 23.7. The predicted molar refractivity (Wildman–Crippen MR) is 80.4 cm³/mol. The Hall–Kier alpha value is -2.06. The van der Waals surface area contributed by atoms with E-state index in [1.165, 1.54) is 24.6 Å². The summed E-state index contributed by atoms with van der Waals surface area (Å²) in [6, 6.07) is 6.61. The molecule has 6 nitrogen and oxygen atoms in total. The molecule has 0 saturated heterocycles. The summed E-state index contributed by atoms with van der Waals surface area (Å²) in [6.07, 6.45) is 1.37. The van der Waals surface area contributed by atoms with E-state index in [-0.39, 0.29) is 11.7 Å². The second-order valence-corrected chi connectivity index (χ2v) is 5.77. The molecule has 110 valence electrons. The first-order valence-electron chi connectivity index (χ1n) is 5.88. The summed E-state index contributed by atoms with van der Waals surface area (Å²) < 4.78 is 5.33. The topological polar surface area (TPSA) is 82.3 Å². The summed E-state index contributed by atoms with van der Waals surface area (Å²) in [5, 5.41) is 16.2. The van der Waals surface area contributed by atoms with Crippen molar-refractivity contribution in [1.82, 2.24) is 0 Å². The smallest absolute Gasteiger partial charge is 0.350 e. The Bertz CT molecular complexity index is 657. The molecule has 2 aromatic heterocycles. The number of hydrogen-bond donors (Lipinski definition) is 1. The fourth-order valence-electron chi connectivity index (χ4n) is 1.51. The number of anilines is 1. The molecule has 0 aliphatic heterocycles. The maximum atomic E-state index is 11.9. The van der Waals surface area contributed by atoms with Gasteiger partial charge in [0.2, 0.25) is 5.91 Å². The number of carbonyl (C=O) groups is 2. The lowest BCUT2D eigenvalue weighted by Gasteiger charge is -2.05. The SMILES string of the molecule is COC(=O)c1sccc1NC(=O)CSc1cccc[n+]1[O-]. The lowest BCUT2D eigenvalue weighted by Crippen LogP contribution is -2.28. The number of pyridine rings is 1. The number of nitrogens with one attached hydrogen (secondary N) is 1. The van der Waals surface area contributed by atoms with Crippen molar-refractivity contribution < 1.29 is 19.1 Å². The van der Waals surface area contributed by atoms with Gasteiger partial charge in [0.25, 0.3) is 5.03 Å². The van der Waals surface area contributed by atoms with Crippen LogP contribution in [0.1, 0.15) is 9.67 Å². The molecule has 2 aromatic rings. The average Bonchev–Trinajstić information content (AvgIpc) is 2.93. The minimum Gasteiger partial charge on any atom is -0.618 e. The minimum atomic E-state index is -0.492. The van der Waals surface area contributed by atoms with Gasteiger partial charge in [0.1, 0.15) is 4.88 Å². The molecule has 0 fully saturated rings. The van der Waals surface area contributed by atoms with Crippen LogP contribution in [0.4, 0.5) is 5.69 Å². The van der Waals surface area contributed by atoms with E-state index in [4.69, 9.17) is 0 Å². The first-order chi connectivity index (χ1) is 10.1. The van der Waals surface area contributed by atoms with Gasteiger partial charge in [-0.3, -0.25) is 4.79 Å². The van der Waals surface area contributed by atoms with Crippen LogP contribution in [0.3, 0.4) is 0 Å². The van der Waals surface area contributed by atoms with E-state index in [1.54, 1.807) is 29.6 Å². The molecule has 0 aromatic carbocycles. The Morgan fingerprint density at radius 1 is 1.43 bits per heavy atom.